The van der Waals surface area contributed by atoms with Gasteiger partial charge in [-0.2, -0.15) is 0 Å². The van der Waals surface area contributed by atoms with Crippen molar-refractivity contribution in [3.8, 4) is 0 Å². The maximum Gasteiger partial charge on any atom is 0.234 e. The van der Waals surface area contributed by atoms with Gasteiger partial charge in [-0.05, 0) is 38.1 Å². The molecule has 3 N–H and O–H groups in total. The number of carbonyl (C=O) groups excluding carboxylic acids is 2. The molecule has 0 bridgehead atoms. The molecular formula is C15H19F2N3O2. The van der Waals surface area contributed by atoms with E-state index in [1.807, 2.05) is 4.90 Å². The number of hydrogen-bond donors (Lipinski definition) is 2. The molecule has 0 unspecified atom stereocenters. The number of hydrogen-bond acceptors (Lipinski definition) is 3. The van der Waals surface area contributed by atoms with Crippen molar-refractivity contribution >= 4 is 11.8 Å². The van der Waals surface area contributed by atoms with Gasteiger partial charge < -0.3 is 11.1 Å². The van der Waals surface area contributed by atoms with Crippen molar-refractivity contribution in [2.75, 3.05) is 19.6 Å². The van der Waals surface area contributed by atoms with Crippen LogP contribution in [0.25, 0.3) is 0 Å². The molecule has 1 heterocycles. The molecule has 2 rings (SSSR count). The van der Waals surface area contributed by atoms with E-state index in [0.29, 0.717) is 25.9 Å². The van der Waals surface area contributed by atoms with Crippen LogP contribution < -0.4 is 11.1 Å². The molecule has 0 aromatic heterocycles. The predicted molar refractivity (Wildman–Crippen MR) is 76.6 cm³/mol. The van der Waals surface area contributed by atoms with Crippen molar-refractivity contribution < 1.29 is 18.4 Å². The van der Waals surface area contributed by atoms with E-state index in [-0.39, 0.29) is 36.4 Å². The summed E-state index contributed by atoms with van der Waals surface area (Å²) < 4.78 is 26.9. The average Bonchev–Trinajstić information content (AvgIpc) is 2.47. The van der Waals surface area contributed by atoms with Crippen molar-refractivity contribution in [3.63, 3.8) is 0 Å². The summed E-state index contributed by atoms with van der Waals surface area (Å²) in [6.07, 6.45) is 1.26. The minimum atomic E-state index is -0.678. The number of halogens is 2. The highest BCUT2D eigenvalue weighted by Crippen LogP contribution is 2.16. The Bertz CT molecular complexity index is 537. The second-order valence-electron chi connectivity index (χ2n) is 5.43. The van der Waals surface area contributed by atoms with Crippen LogP contribution in [0, 0.1) is 17.6 Å². The van der Waals surface area contributed by atoms with E-state index in [9.17, 15) is 18.4 Å². The first-order valence-electron chi connectivity index (χ1n) is 7.18. The zero-order valence-electron chi connectivity index (χ0n) is 12.1. The van der Waals surface area contributed by atoms with Crippen LogP contribution in [0.3, 0.4) is 0 Å². The number of nitrogens with one attached hydrogen (secondary N) is 1. The van der Waals surface area contributed by atoms with E-state index in [0.717, 1.165) is 12.1 Å². The third-order valence-electron chi connectivity index (χ3n) is 3.88. The molecule has 120 valence electrons. The molecule has 0 atom stereocenters. The predicted octanol–water partition coefficient (Wildman–Crippen LogP) is 0.778. The summed E-state index contributed by atoms with van der Waals surface area (Å²) in [4.78, 5) is 24.8. The van der Waals surface area contributed by atoms with Gasteiger partial charge in [-0.15, -0.1) is 0 Å². The maximum atomic E-state index is 13.4. The first kappa shape index (κ1) is 16.4. The number of benzene rings is 1. The molecule has 7 heteroatoms. The van der Waals surface area contributed by atoms with Crippen LogP contribution in [-0.4, -0.2) is 36.3 Å². The summed E-state index contributed by atoms with van der Waals surface area (Å²) in [5, 5.41) is 2.51. The minimum Gasteiger partial charge on any atom is -0.369 e. The van der Waals surface area contributed by atoms with E-state index in [1.54, 1.807) is 0 Å². The monoisotopic (exact) mass is 311 g/mol. The maximum absolute atomic E-state index is 13.4. The first-order chi connectivity index (χ1) is 10.5. The second kappa shape index (κ2) is 7.31. The molecule has 0 spiro atoms. The lowest BCUT2D eigenvalue weighted by molar-refractivity contribution is -0.124. The molecule has 1 saturated heterocycles. The number of likely N-dealkylation sites (tertiary alicyclic amines) is 1. The highest BCUT2D eigenvalue weighted by molar-refractivity contribution is 5.78. The summed E-state index contributed by atoms with van der Waals surface area (Å²) in [7, 11) is 0. The van der Waals surface area contributed by atoms with Gasteiger partial charge in [-0.3, -0.25) is 14.5 Å². The van der Waals surface area contributed by atoms with Crippen LogP contribution in [0.1, 0.15) is 18.4 Å². The van der Waals surface area contributed by atoms with Crippen molar-refractivity contribution in [1.82, 2.24) is 10.2 Å². The van der Waals surface area contributed by atoms with E-state index in [2.05, 4.69) is 5.32 Å². The topological polar surface area (TPSA) is 75.4 Å². The fourth-order valence-electron chi connectivity index (χ4n) is 2.52. The third kappa shape index (κ3) is 4.24. The molecule has 1 aliphatic rings. The average molecular weight is 311 g/mol. The number of carbonyl (C=O) groups is 2. The molecule has 5 nitrogen and oxygen atoms in total. The first-order valence-corrected chi connectivity index (χ1v) is 7.18. The number of primary amides is 1. The highest BCUT2D eigenvalue weighted by atomic mass is 19.1. The van der Waals surface area contributed by atoms with Crippen LogP contribution in [0.5, 0.6) is 0 Å². The summed E-state index contributed by atoms with van der Waals surface area (Å²) in [5.74, 6) is -2.10. The SMILES string of the molecule is NC(=O)C1CCN(CC(=O)NCc2c(F)cccc2F)CC1. The molecule has 1 fully saturated rings. The molecule has 1 aromatic carbocycles. The van der Waals surface area contributed by atoms with Crippen molar-refractivity contribution in [2.24, 2.45) is 11.7 Å². The minimum absolute atomic E-state index is 0.133. The van der Waals surface area contributed by atoms with Crippen LogP contribution in [0.15, 0.2) is 18.2 Å². The Hall–Kier alpha value is -2.02. The van der Waals surface area contributed by atoms with Gasteiger partial charge in [0.1, 0.15) is 11.6 Å². The normalized spacial score (nSPS) is 16.5. The Balaban J connectivity index is 1.78. The lowest BCUT2D eigenvalue weighted by Gasteiger charge is -2.29. The van der Waals surface area contributed by atoms with Gasteiger partial charge in [-0.25, -0.2) is 8.78 Å². The zero-order valence-corrected chi connectivity index (χ0v) is 12.1. The summed E-state index contributed by atoms with van der Waals surface area (Å²) >= 11 is 0. The lowest BCUT2D eigenvalue weighted by Crippen LogP contribution is -2.43. The standard InChI is InChI=1S/C15H19F2N3O2/c16-12-2-1-3-13(17)11(12)8-19-14(21)9-20-6-4-10(5-7-20)15(18)22/h1-3,10H,4-9H2,(H2,18,22)(H,19,21). The van der Waals surface area contributed by atoms with E-state index < -0.39 is 11.6 Å². The molecule has 0 aliphatic carbocycles. The molecule has 2 amide bonds. The Labute approximate surface area is 127 Å². The fraction of sp³-hybridized carbons (Fsp3) is 0.467. The number of nitrogens with two attached hydrogens (primary N) is 1. The van der Waals surface area contributed by atoms with Crippen LogP contribution in [0.4, 0.5) is 8.78 Å². The Kier molecular flexibility index (Phi) is 5.43. The van der Waals surface area contributed by atoms with Crippen molar-refractivity contribution in [3.05, 3.63) is 35.4 Å². The fourth-order valence-corrected chi connectivity index (χ4v) is 2.52. The van der Waals surface area contributed by atoms with Gasteiger partial charge in [0.2, 0.25) is 11.8 Å². The number of amides is 2. The van der Waals surface area contributed by atoms with Crippen molar-refractivity contribution in [2.45, 2.75) is 19.4 Å². The van der Waals surface area contributed by atoms with Gasteiger partial charge in [-0.1, -0.05) is 6.07 Å². The van der Waals surface area contributed by atoms with Crippen molar-refractivity contribution in [1.29, 1.82) is 0 Å². The molecular weight excluding hydrogens is 292 g/mol. The smallest absolute Gasteiger partial charge is 0.234 e. The quantitative estimate of drug-likeness (QED) is 0.844. The van der Waals surface area contributed by atoms with Gasteiger partial charge >= 0.3 is 0 Å². The highest BCUT2D eigenvalue weighted by Gasteiger charge is 2.24. The van der Waals surface area contributed by atoms with Crippen LogP contribution >= 0.6 is 0 Å². The molecule has 0 saturated carbocycles. The van der Waals surface area contributed by atoms with Crippen LogP contribution in [0.2, 0.25) is 0 Å². The Morgan fingerprint density at radius 3 is 2.36 bits per heavy atom. The van der Waals surface area contributed by atoms with Gasteiger partial charge in [0.25, 0.3) is 0 Å². The molecule has 1 aromatic rings. The Morgan fingerprint density at radius 2 is 1.82 bits per heavy atom. The van der Waals surface area contributed by atoms with E-state index in [1.165, 1.54) is 6.07 Å². The molecule has 0 radical (unpaired) electrons. The van der Waals surface area contributed by atoms with E-state index >= 15 is 0 Å². The number of piperidine rings is 1. The Morgan fingerprint density at radius 1 is 1.23 bits per heavy atom. The van der Waals surface area contributed by atoms with Gasteiger partial charge in [0, 0.05) is 18.0 Å². The summed E-state index contributed by atoms with van der Waals surface area (Å²) in [6, 6.07) is 3.58. The summed E-state index contributed by atoms with van der Waals surface area (Å²) in [6.45, 7) is 1.17. The second-order valence-corrected chi connectivity index (χ2v) is 5.43. The van der Waals surface area contributed by atoms with Gasteiger partial charge in [0.15, 0.2) is 0 Å². The summed E-state index contributed by atoms with van der Waals surface area (Å²) in [5.41, 5.74) is 5.10. The van der Waals surface area contributed by atoms with Crippen LogP contribution in [-0.2, 0) is 16.1 Å². The lowest BCUT2D eigenvalue weighted by atomic mass is 9.96. The van der Waals surface area contributed by atoms with E-state index in [4.69, 9.17) is 5.73 Å². The number of rotatable bonds is 5. The molecule has 1 aliphatic heterocycles. The largest absolute Gasteiger partial charge is 0.369 e. The zero-order chi connectivity index (χ0) is 16.1. The number of nitrogens with zero attached hydrogens (tertiary/aromatic N) is 1. The molecule has 22 heavy (non-hydrogen) atoms. The van der Waals surface area contributed by atoms with Gasteiger partial charge in [0.05, 0.1) is 6.54 Å². The third-order valence-corrected chi connectivity index (χ3v) is 3.88.